The number of carboxylic acid groups (broad SMARTS) is 1. The van der Waals surface area contributed by atoms with Crippen LogP contribution in [0.15, 0.2) is 22.9 Å². The summed E-state index contributed by atoms with van der Waals surface area (Å²) in [5.74, 6) is -0.646. The molecule has 0 saturated carbocycles. The summed E-state index contributed by atoms with van der Waals surface area (Å²) in [4.78, 5) is 39.9. The predicted molar refractivity (Wildman–Crippen MR) is 89.3 cm³/mol. The second kappa shape index (κ2) is 5.69. The van der Waals surface area contributed by atoms with Gasteiger partial charge in [0.05, 0.1) is 6.04 Å². The summed E-state index contributed by atoms with van der Waals surface area (Å²) in [6.07, 6.45) is 2.96. The zero-order chi connectivity index (χ0) is 17.9. The fraction of sp³-hybridized carbons (Fsp3) is 0.611. The highest BCUT2D eigenvalue weighted by molar-refractivity contribution is 6.02. The largest absolute Gasteiger partial charge is 0.477 e. The van der Waals surface area contributed by atoms with Crippen molar-refractivity contribution in [2.45, 2.75) is 38.8 Å². The zero-order valence-corrected chi connectivity index (χ0v) is 14.5. The molecule has 0 radical (unpaired) electrons. The quantitative estimate of drug-likeness (QED) is 0.567. The van der Waals surface area contributed by atoms with Gasteiger partial charge in [-0.05, 0) is 36.3 Å². The van der Waals surface area contributed by atoms with Crippen LogP contribution in [-0.2, 0) is 14.4 Å². The van der Waals surface area contributed by atoms with Crippen LogP contribution in [0.4, 0.5) is 0 Å². The molecule has 0 aromatic heterocycles. The number of aliphatic carboxylic acids is 1. The van der Waals surface area contributed by atoms with Crippen LogP contribution in [0.5, 0.6) is 0 Å². The van der Waals surface area contributed by atoms with Crippen molar-refractivity contribution in [3.63, 3.8) is 0 Å². The van der Waals surface area contributed by atoms with Crippen molar-refractivity contribution < 1.29 is 19.5 Å². The van der Waals surface area contributed by atoms with Crippen LogP contribution in [0.3, 0.4) is 0 Å². The fourth-order valence-corrected chi connectivity index (χ4v) is 4.58. The average Bonchev–Trinajstić information content (AvgIpc) is 3.09. The minimum atomic E-state index is -1.09. The van der Waals surface area contributed by atoms with Crippen molar-refractivity contribution in [1.29, 1.82) is 0 Å². The van der Waals surface area contributed by atoms with Crippen molar-refractivity contribution in [3.8, 4) is 0 Å². The number of amides is 2. The molecule has 25 heavy (non-hydrogen) atoms. The number of likely N-dealkylation sites (tertiary alicyclic amines) is 1. The molecule has 0 bridgehead atoms. The van der Waals surface area contributed by atoms with Crippen LogP contribution in [0.2, 0.25) is 0 Å². The van der Waals surface area contributed by atoms with Crippen LogP contribution in [-0.4, -0.2) is 64.4 Å². The van der Waals surface area contributed by atoms with E-state index in [1.165, 1.54) is 4.90 Å². The highest BCUT2D eigenvalue weighted by Gasteiger charge is 2.59. The first-order valence-corrected chi connectivity index (χ1v) is 8.91. The molecule has 3 atom stereocenters. The Morgan fingerprint density at radius 1 is 1.40 bits per heavy atom. The average molecular weight is 345 g/mol. The van der Waals surface area contributed by atoms with E-state index < -0.39 is 5.97 Å². The van der Waals surface area contributed by atoms with Gasteiger partial charge in [-0.15, -0.1) is 0 Å². The van der Waals surface area contributed by atoms with Gasteiger partial charge in [0.1, 0.15) is 11.7 Å². The van der Waals surface area contributed by atoms with Crippen LogP contribution < -0.4 is 5.32 Å². The number of allylic oxidation sites excluding steroid dienone is 2. The number of carbonyl (C=O) groups is 3. The number of carboxylic acids is 1. The molecule has 4 aliphatic rings. The van der Waals surface area contributed by atoms with E-state index in [1.54, 1.807) is 6.08 Å². The Labute approximate surface area is 146 Å². The molecular formula is C18H23N3O4. The first-order chi connectivity index (χ1) is 11.9. The molecule has 134 valence electrons. The van der Waals surface area contributed by atoms with Gasteiger partial charge in [-0.3, -0.25) is 14.5 Å². The fourth-order valence-electron chi connectivity index (χ4n) is 4.58. The van der Waals surface area contributed by atoms with Gasteiger partial charge in [0.15, 0.2) is 0 Å². The third-order valence-electron chi connectivity index (χ3n) is 5.60. The van der Waals surface area contributed by atoms with Gasteiger partial charge in [0.2, 0.25) is 11.8 Å². The summed E-state index contributed by atoms with van der Waals surface area (Å²) < 4.78 is 0. The topological polar surface area (TPSA) is 90.0 Å². The van der Waals surface area contributed by atoms with Gasteiger partial charge in [-0.2, -0.15) is 0 Å². The number of hydrogen-bond donors (Lipinski definition) is 2. The second-order valence-electron chi connectivity index (χ2n) is 7.79. The summed E-state index contributed by atoms with van der Waals surface area (Å²) in [6, 6.07) is -0.277. The molecular weight excluding hydrogens is 322 g/mol. The van der Waals surface area contributed by atoms with E-state index in [0.29, 0.717) is 49.5 Å². The Kier molecular flexibility index (Phi) is 3.72. The lowest BCUT2D eigenvalue weighted by Gasteiger charge is -2.48. The highest BCUT2D eigenvalue weighted by atomic mass is 16.4. The molecule has 7 nitrogen and oxygen atoms in total. The summed E-state index contributed by atoms with van der Waals surface area (Å²) >= 11 is 0. The van der Waals surface area contributed by atoms with Gasteiger partial charge in [-0.25, -0.2) is 4.79 Å². The van der Waals surface area contributed by atoms with E-state index in [0.717, 1.165) is 0 Å². The summed E-state index contributed by atoms with van der Waals surface area (Å²) in [5.41, 5.74) is 1.33. The monoisotopic (exact) mass is 345 g/mol. The SMILES string of the molecule is CC(C)CN1CC/C(=C\C2=C(C(=O)O)N3C(=O)[C@H]4NC[C@@H](C2)[C@H]43)C1=O. The Bertz CT molecular complexity index is 724. The van der Waals surface area contributed by atoms with Crippen molar-refractivity contribution in [2.24, 2.45) is 11.8 Å². The standard InChI is InChI=1S/C18H23N3O4/c1-9(2)8-20-4-3-10(16(20)22)5-11-6-12-7-19-13-14(12)21(17(13)23)15(11)18(24)25/h5,9,12-14,19H,3-4,6-8H2,1-2H3,(H,24,25)/b10-5+/t12-,13+,14-/m1/s1. The van der Waals surface area contributed by atoms with Crippen molar-refractivity contribution in [3.05, 3.63) is 22.9 Å². The lowest BCUT2D eigenvalue weighted by molar-refractivity contribution is -0.153. The van der Waals surface area contributed by atoms with Crippen LogP contribution in [0, 0.1) is 11.8 Å². The van der Waals surface area contributed by atoms with Gasteiger partial charge >= 0.3 is 5.97 Å². The van der Waals surface area contributed by atoms with Gasteiger partial charge in [0, 0.05) is 25.2 Å². The minimum absolute atomic E-state index is 0.00887. The van der Waals surface area contributed by atoms with Gasteiger partial charge < -0.3 is 15.3 Å². The maximum Gasteiger partial charge on any atom is 0.352 e. The third kappa shape index (κ3) is 2.40. The number of hydrogen-bond acceptors (Lipinski definition) is 4. The number of rotatable bonds is 4. The summed E-state index contributed by atoms with van der Waals surface area (Å²) in [5, 5.41) is 12.8. The molecule has 0 unspecified atom stereocenters. The normalized spacial score (nSPS) is 32.8. The molecule has 4 aliphatic heterocycles. The van der Waals surface area contributed by atoms with Gasteiger partial charge in [-0.1, -0.05) is 13.8 Å². The molecule has 0 aliphatic carbocycles. The van der Waals surface area contributed by atoms with Crippen molar-refractivity contribution in [1.82, 2.24) is 15.1 Å². The number of nitrogens with one attached hydrogen (secondary N) is 1. The molecule has 0 spiro atoms. The first kappa shape index (κ1) is 16.3. The maximum atomic E-state index is 12.6. The number of nitrogens with zero attached hydrogens (tertiary/aromatic N) is 2. The lowest BCUT2D eigenvalue weighted by Crippen LogP contribution is -2.68. The van der Waals surface area contributed by atoms with E-state index in [1.807, 2.05) is 4.90 Å². The van der Waals surface area contributed by atoms with Crippen LogP contribution in [0.1, 0.15) is 26.7 Å². The molecule has 4 rings (SSSR count). The molecule has 3 fully saturated rings. The molecule has 7 heteroatoms. The van der Waals surface area contributed by atoms with E-state index in [9.17, 15) is 19.5 Å². The first-order valence-electron chi connectivity index (χ1n) is 8.91. The molecule has 3 saturated heterocycles. The summed E-state index contributed by atoms with van der Waals surface area (Å²) in [7, 11) is 0. The molecule has 0 aromatic carbocycles. The molecule has 2 N–H and O–H groups in total. The molecule has 2 amide bonds. The highest BCUT2D eigenvalue weighted by Crippen LogP contribution is 2.44. The Morgan fingerprint density at radius 2 is 2.16 bits per heavy atom. The van der Waals surface area contributed by atoms with Gasteiger partial charge in [0.25, 0.3) is 0 Å². The number of β-lactam (4-membered cyclic amide) rings is 1. The Morgan fingerprint density at radius 3 is 2.84 bits per heavy atom. The van der Waals surface area contributed by atoms with E-state index in [-0.39, 0.29) is 35.5 Å². The minimum Gasteiger partial charge on any atom is -0.477 e. The smallest absolute Gasteiger partial charge is 0.352 e. The molecule has 4 heterocycles. The van der Waals surface area contributed by atoms with Crippen LogP contribution in [0.25, 0.3) is 0 Å². The van der Waals surface area contributed by atoms with Crippen molar-refractivity contribution in [2.75, 3.05) is 19.6 Å². The van der Waals surface area contributed by atoms with E-state index >= 15 is 0 Å². The maximum absolute atomic E-state index is 12.6. The number of carbonyl (C=O) groups excluding carboxylic acids is 2. The molecule has 0 aromatic rings. The third-order valence-corrected chi connectivity index (χ3v) is 5.60. The van der Waals surface area contributed by atoms with E-state index in [2.05, 4.69) is 19.2 Å². The lowest BCUT2D eigenvalue weighted by atomic mass is 9.79. The van der Waals surface area contributed by atoms with Crippen molar-refractivity contribution >= 4 is 17.8 Å². The van der Waals surface area contributed by atoms with Crippen LogP contribution >= 0.6 is 0 Å². The zero-order valence-electron chi connectivity index (χ0n) is 14.5. The Balaban J connectivity index is 1.66. The van der Waals surface area contributed by atoms with E-state index in [4.69, 9.17) is 0 Å². The Hall–Kier alpha value is -2.15. The second-order valence-corrected chi connectivity index (χ2v) is 7.79. The predicted octanol–water partition coefficient (Wildman–Crippen LogP) is 0.342. The summed E-state index contributed by atoms with van der Waals surface area (Å²) in [6.45, 7) is 6.24.